The van der Waals surface area contributed by atoms with Crippen molar-refractivity contribution in [3.8, 4) is 5.69 Å². The Labute approximate surface area is 138 Å². The first-order valence-electron chi connectivity index (χ1n) is 7.86. The van der Waals surface area contributed by atoms with E-state index in [0.717, 1.165) is 25.7 Å². The summed E-state index contributed by atoms with van der Waals surface area (Å²) in [5, 5.41) is 18.1. The summed E-state index contributed by atoms with van der Waals surface area (Å²) in [6.07, 6.45) is 5.47. The van der Waals surface area contributed by atoms with Gasteiger partial charge in [-0.15, -0.1) is 0 Å². The van der Waals surface area contributed by atoms with E-state index in [1.807, 2.05) is 0 Å². The number of hydrogen-bond acceptors (Lipinski definition) is 5. The quantitative estimate of drug-likeness (QED) is 0.640. The van der Waals surface area contributed by atoms with E-state index >= 15 is 0 Å². The third kappa shape index (κ3) is 3.13. The molecule has 1 aliphatic rings. The molecule has 1 aliphatic carbocycles. The van der Waals surface area contributed by atoms with E-state index in [0.29, 0.717) is 12.2 Å². The van der Waals surface area contributed by atoms with Gasteiger partial charge in [0.2, 0.25) is 0 Å². The Kier molecular flexibility index (Phi) is 4.30. The molecule has 0 radical (unpaired) electrons. The second-order valence-electron chi connectivity index (χ2n) is 6.07. The average Bonchev–Trinajstić information content (AvgIpc) is 3.25. The maximum absolute atomic E-state index is 12.4. The van der Waals surface area contributed by atoms with Crippen LogP contribution in [0.1, 0.15) is 36.2 Å². The lowest BCUT2D eigenvalue weighted by atomic mass is 9.97. The highest BCUT2D eigenvalue weighted by atomic mass is 16.6. The second-order valence-corrected chi connectivity index (χ2v) is 6.07. The highest BCUT2D eigenvalue weighted by Gasteiger charge is 2.34. The molecule has 0 saturated heterocycles. The van der Waals surface area contributed by atoms with Crippen LogP contribution in [0, 0.1) is 10.1 Å². The lowest BCUT2D eigenvalue weighted by Gasteiger charge is -2.28. The molecule has 3 rings (SSSR count). The van der Waals surface area contributed by atoms with Crippen LogP contribution < -0.4 is 11.1 Å². The number of non-ortho nitro benzene ring substituents is 1. The van der Waals surface area contributed by atoms with Crippen LogP contribution in [-0.4, -0.2) is 32.7 Å². The SMILES string of the molecule is NCC1(NC(=O)c2ccn(-c3cccc([N+](=O)[O-])c3)n2)CCCC1. The molecule has 8 heteroatoms. The molecule has 8 nitrogen and oxygen atoms in total. The van der Waals surface area contributed by atoms with Crippen molar-refractivity contribution in [2.75, 3.05) is 6.54 Å². The number of amides is 1. The first kappa shape index (κ1) is 16.1. The minimum atomic E-state index is -0.467. The van der Waals surface area contributed by atoms with E-state index in [4.69, 9.17) is 5.73 Å². The molecular formula is C16H19N5O3. The molecule has 1 saturated carbocycles. The van der Waals surface area contributed by atoms with Crippen molar-refractivity contribution in [2.45, 2.75) is 31.2 Å². The number of nitro groups is 1. The molecular weight excluding hydrogens is 310 g/mol. The van der Waals surface area contributed by atoms with E-state index in [-0.39, 0.29) is 22.8 Å². The summed E-state index contributed by atoms with van der Waals surface area (Å²) in [6, 6.07) is 7.68. The van der Waals surface area contributed by atoms with Gasteiger partial charge in [-0.3, -0.25) is 14.9 Å². The molecule has 126 valence electrons. The maximum Gasteiger partial charge on any atom is 0.272 e. The summed E-state index contributed by atoms with van der Waals surface area (Å²) >= 11 is 0. The van der Waals surface area contributed by atoms with Gasteiger partial charge >= 0.3 is 0 Å². The van der Waals surface area contributed by atoms with E-state index in [1.54, 1.807) is 24.4 Å². The van der Waals surface area contributed by atoms with Crippen LogP contribution in [0.25, 0.3) is 5.69 Å². The predicted octanol–water partition coefficient (Wildman–Crippen LogP) is 1.78. The van der Waals surface area contributed by atoms with E-state index in [2.05, 4.69) is 10.4 Å². The summed E-state index contributed by atoms with van der Waals surface area (Å²) in [6.45, 7) is 0.407. The van der Waals surface area contributed by atoms with Crippen molar-refractivity contribution >= 4 is 11.6 Å². The normalized spacial score (nSPS) is 16.0. The van der Waals surface area contributed by atoms with Gasteiger partial charge in [0.25, 0.3) is 11.6 Å². The Morgan fingerprint density at radius 3 is 2.79 bits per heavy atom. The first-order chi connectivity index (χ1) is 11.5. The monoisotopic (exact) mass is 329 g/mol. The molecule has 1 aromatic carbocycles. The zero-order valence-corrected chi connectivity index (χ0v) is 13.1. The molecule has 1 amide bonds. The molecule has 24 heavy (non-hydrogen) atoms. The maximum atomic E-state index is 12.4. The molecule has 0 unspecified atom stereocenters. The second kappa shape index (κ2) is 6.40. The van der Waals surface area contributed by atoms with E-state index < -0.39 is 4.92 Å². The van der Waals surface area contributed by atoms with Crippen LogP contribution >= 0.6 is 0 Å². The highest BCUT2D eigenvalue weighted by molar-refractivity contribution is 5.92. The van der Waals surface area contributed by atoms with Gasteiger partial charge in [-0.2, -0.15) is 5.10 Å². The predicted molar refractivity (Wildman–Crippen MR) is 87.9 cm³/mol. The number of nitro benzene ring substituents is 1. The van der Waals surface area contributed by atoms with Crippen molar-refractivity contribution in [3.63, 3.8) is 0 Å². The number of carbonyl (C=O) groups is 1. The van der Waals surface area contributed by atoms with Gasteiger partial charge in [-0.25, -0.2) is 4.68 Å². The van der Waals surface area contributed by atoms with Crippen LogP contribution in [0.15, 0.2) is 36.5 Å². The van der Waals surface area contributed by atoms with Gasteiger partial charge in [-0.05, 0) is 25.0 Å². The Hall–Kier alpha value is -2.74. The lowest BCUT2D eigenvalue weighted by molar-refractivity contribution is -0.384. The number of nitrogens with zero attached hydrogens (tertiary/aromatic N) is 3. The summed E-state index contributed by atoms with van der Waals surface area (Å²) in [5.41, 5.74) is 6.26. The fraction of sp³-hybridized carbons (Fsp3) is 0.375. The van der Waals surface area contributed by atoms with Crippen molar-refractivity contribution < 1.29 is 9.72 Å². The number of rotatable bonds is 5. The summed E-state index contributed by atoms with van der Waals surface area (Å²) in [7, 11) is 0. The fourth-order valence-electron chi connectivity index (χ4n) is 3.07. The van der Waals surface area contributed by atoms with Gasteiger partial charge in [-0.1, -0.05) is 18.9 Å². The van der Waals surface area contributed by atoms with Crippen LogP contribution in [-0.2, 0) is 0 Å². The van der Waals surface area contributed by atoms with Crippen LogP contribution in [0.5, 0.6) is 0 Å². The first-order valence-corrected chi connectivity index (χ1v) is 7.86. The van der Waals surface area contributed by atoms with Crippen LogP contribution in [0.2, 0.25) is 0 Å². The zero-order valence-electron chi connectivity index (χ0n) is 13.1. The third-order valence-electron chi connectivity index (χ3n) is 4.46. The largest absolute Gasteiger partial charge is 0.344 e. The van der Waals surface area contributed by atoms with Crippen molar-refractivity contribution in [3.05, 3.63) is 52.3 Å². The minimum Gasteiger partial charge on any atom is -0.344 e. The van der Waals surface area contributed by atoms with Crippen molar-refractivity contribution in [1.29, 1.82) is 0 Å². The number of nitrogens with one attached hydrogen (secondary N) is 1. The number of carbonyl (C=O) groups excluding carboxylic acids is 1. The lowest BCUT2D eigenvalue weighted by Crippen LogP contribution is -2.51. The number of benzene rings is 1. The number of aromatic nitrogens is 2. The van der Waals surface area contributed by atoms with Gasteiger partial charge in [0, 0.05) is 24.9 Å². The van der Waals surface area contributed by atoms with Gasteiger partial charge < -0.3 is 11.1 Å². The minimum absolute atomic E-state index is 0.0259. The topological polar surface area (TPSA) is 116 Å². The Morgan fingerprint density at radius 1 is 1.38 bits per heavy atom. The molecule has 1 fully saturated rings. The van der Waals surface area contributed by atoms with Crippen molar-refractivity contribution in [2.24, 2.45) is 5.73 Å². The Balaban J connectivity index is 1.79. The molecule has 3 N–H and O–H groups in total. The molecule has 0 bridgehead atoms. The highest BCUT2D eigenvalue weighted by Crippen LogP contribution is 2.28. The Morgan fingerprint density at radius 2 is 2.12 bits per heavy atom. The number of hydrogen-bond donors (Lipinski definition) is 2. The summed E-state index contributed by atoms with van der Waals surface area (Å²) in [4.78, 5) is 22.8. The number of nitrogens with two attached hydrogens (primary N) is 1. The smallest absolute Gasteiger partial charge is 0.272 e. The summed E-state index contributed by atoms with van der Waals surface area (Å²) < 4.78 is 1.45. The van der Waals surface area contributed by atoms with Crippen LogP contribution in [0.3, 0.4) is 0 Å². The molecule has 0 spiro atoms. The molecule has 1 heterocycles. The summed E-state index contributed by atoms with van der Waals surface area (Å²) in [5.74, 6) is -0.272. The van der Waals surface area contributed by atoms with Crippen LogP contribution in [0.4, 0.5) is 5.69 Å². The van der Waals surface area contributed by atoms with E-state index in [9.17, 15) is 14.9 Å². The molecule has 1 aromatic heterocycles. The standard InChI is InChI=1S/C16H19N5O3/c17-11-16(7-1-2-8-16)18-15(22)14-6-9-20(19-14)12-4-3-5-13(10-12)21(23)24/h3-6,9-10H,1-2,7-8,11,17H2,(H,18,22). The zero-order chi connectivity index (χ0) is 17.2. The van der Waals surface area contributed by atoms with Gasteiger partial charge in [0.05, 0.1) is 16.1 Å². The third-order valence-corrected chi connectivity index (χ3v) is 4.46. The van der Waals surface area contributed by atoms with Gasteiger partial charge in [0.15, 0.2) is 5.69 Å². The Bertz CT molecular complexity index is 765. The molecule has 2 aromatic rings. The molecule has 0 aliphatic heterocycles. The molecule has 0 atom stereocenters. The van der Waals surface area contributed by atoms with Crippen molar-refractivity contribution in [1.82, 2.24) is 15.1 Å². The van der Waals surface area contributed by atoms with Gasteiger partial charge in [0.1, 0.15) is 0 Å². The fourth-order valence-corrected chi connectivity index (χ4v) is 3.07. The van der Waals surface area contributed by atoms with E-state index in [1.165, 1.54) is 16.8 Å². The average molecular weight is 329 g/mol.